The van der Waals surface area contributed by atoms with Gasteiger partial charge in [-0.15, -0.1) is 0 Å². The molecule has 0 aliphatic heterocycles. The average Bonchev–Trinajstić information content (AvgIpc) is 2.32. The number of carbonyl (C=O) groups excluding carboxylic acids is 1. The molecule has 0 N–H and O–H groups in total. The van der Waals surface area contributed by atoms with Crippen molar-refractivity contribution >= 4 is 6.26 Å². The highest BCUT2D eigenvalue weighted by atomic mass is 16.1. The maximum absolute atomic E-state index is 11.1. The number of aldehydes is 1. The third-order valence-electron chi connectivity index (χ3n) is 3.26. The lowest BCUT2D eigenvalue weighted by Crippen LogP contribution is -2.26. The van der Waals surface area contributed by atoms with Crippen LogP contribution in [0.1, 0.15) is 36.8 Å². The molecule has 1 rings (SSSR count). The molecule has 68 valence electrons. The molecule has 0 spiro atoms. The van der Waals surface area contributed by atoms with Gasteiger partial charge in [-0.1, -0.05) is 32.4 Å². The largest absolute Gasteiger partial charge is 0.303 e. The maximum Gasteiger partial charge on any atom is 0.123 e. The first-order valence-electron chi connectivity index (χ1n) is 5.59. The van der Waals surface area contributed by atoms with Gasteiger partial charge in [-0.2, -0.15) is 0 Å². The Kier molecular flexibility index (Phi) is 1.74. The Labute approximate surface area is 77.7 Å². The van der Waals surface area contributed by atoms with Gasteiger partial charge in [0.25, 0.3) is 0 Å². The van der Waals surface area contributed by atoms with Crippen LogP contribution in [0.3, 0.4) is 0 Å². The van der Waals surface area contributed by atoms with Crippen molar-refractivity contribution in [1.82, 2.24) is 0 Å². The molecule has 0 fully saturated rings. The van der Waals surface area contributed by atoms with Crippen molar-refractivity contribution in [2.45, 2.75) is 34.1 Å². The summed E-state index contributed by atoms with van der Waals surface area (Å²) in [5.41, 5.74) is 1.25. The monoisotopic (exact) mass is 168 g/mol. The summed E-state index contributed by atoms with van der Waals surface area (Å²) in [5, 5.41) is 0. The first kappa shape index (κ1) is 6.88. The zero-order chi connectivity index (χ0) is 10.9. The fourth-order valence-corrected chi connectivity index (χ4v) is 1.90. The van der Waals surface area contributed by atoms with Gasteiger partial charge in [-0.3, -0.25) is 0 Å². The van der Waals surface area contributed by atoms with Crippen molar-refractivity contribution in [3.8, 4) is 0 Å². The molecule has 0 bridgehead atoms. The highest BCUT2D eigenvalue weighted by Crippen LogP contribution is 2.45. The molecule has 0 radical (unpaired) electrons. The molecule has 0 saturated heterocycles. The van der Waals surface area contributed by atoms with Gasteiger partial charge < -0.3 is 4.79 Å². The van der Waals surface area contributed by atoms with Gasteiger partial charge >= 0.3 is 0 Å². The zero-order valence-corrected chi connectivity index (χ0v) is 8.05. The molecule has 0 amide bonds. The third-order valence-corrected chi connectivity index (χ3v) is 3.26. The summed E-state index contributed by atoms with van der Waals surface area (Å²) in [6.07, 6.45) is 2.39. The Bertz CT molecular complexity index is 268. The predicted octanol–water partition coefficient (Wildman–Crippen LogP) is 2.81. The van der Waals surface area contributed by atoms with Crippen molar-refractivity contribution in [3.05, 3.63) is 11.6 Å². The molecule has 1 heteroatoms. The Morgan fingerprint density at radius 1 is 1.92 bits per heavy atom. The van der Waals surface area contributed by atoms with Crippen LogP contribution in [0.5, 0.6) is 0 Å². The summed E-state index contributed by atoms with van der Waals surface area (Å²) in [4.78, 5) is 11.1. The number of rotatable bonds is 2. The Morgan fingerprint density at radius 3 is 2.92 bits per heavy atom. The molecule has 0 saturated carbocycles. The zero-order valence-electron chi connectivity index (χ0n) is 10.1. The summed E-state index contributed by atoms with van der Waals surface area (Å²) in [6.45, 7) is 6.30. The normalized spacial score (nSPS) is 31.9. The van der Waals surface area contributed by atoms with E-state index in [4.69, 9.17) is 2.74 Å². The van der Waals surface area contributed by atoms with Gasteiger partial charge in [0, 0.05) is 7.29 Å². The molecule has 1 nitrogen and oxygen atoms in total. The van der Waals surface area contributed by atoms with Gasteiger partial charge in [-0.25, -0.2) is 0 Å². The average molecular weight is 168 g/mol. The summed E-state index contributed by atoms with van der Waals surface area (Å²) in [7, 11) is 0. The number of carbonyl (C=O) groups is 1. The lowest BCUT2D eigenvalue weighted by molar-refractivity contribution is -0.112. The fourth-order valence-electron chi connectivity index (χ4n) is 1.90. The highest BCUT2D eigenvalue weighted by molar-refractivity contribution is 5.54. The SMILES string of the molecule is [2H]CC(C([2H])=O)[C@H]1CC=C(C)C1(C)C. The van der Waals surface area contributed by atoms with E-state index in [-0.39, 0.29) is 18.2 Å². The van der Waals surface area contributed by atoms with Crippen LogP contribution in [-0.4, -0.2) is 6.26 Å². The second-order valence-electron chi connectivity index (χ2n) is 4.18. The smallest absolute Gasteiger partial charge is 0.123 e. The van der Waals surface area contributed by atoms with Crippen LogP contribution in [0.4, 0.5) is 0 Å². The van der Waals surface area contributed by atoms with Gasteiger partial charge in [0.15, 0.2) is 0 Å². The lowest BCUT2D eigenvalue weighted by atomic mass is 9.72. The van der Waals surface area contributed by atoms with E-state index in [9.17, 15) is 4.79 Å². The van der Waals surface area contributed by atoms with E-state index >= 15 is 0 Å². The van der Waals surface area contributed by atoms with Gasteiger partial charge in [-0.05, 0) is 24.7 Å². The van der Waals surface area contributed by atoms with Crippen LogP contribution in [0.15, 0.2) is 11.6 Å². The second-order valence-corrected chi connectivity index (χ2v) is 4.18. The molecule has 0 aromatic carbocycles. The molecule has 12 heavy (non-hydrogen) atoms. The fraction of sp³-hybridized carbons (Fsp3) is 0.727. The third kappa shape index (κ3) is 1.33. The van der Waals surface area contributed by atoms with Crippen LogP contribution in [0, 0.1) is 17.3 Å². The Balaban J connectivity index is 2.86. The molecule has 0 heterocycles. The van der Waals surface area contributed by atoms with Gasteiger partial charge in [0.1, 0.15) is 7.63 Å². The molecular formula is C11H18O. The minimum atomic E-state index is -0.582. The van der Waals surface area contributed by atoms with E-state index in [0.717, 1.165) is 6.42 Å². The first-order valence-corrected chi connectivity index (χ1v) is 4.38. The van der Waals surface area contributed by atoms with Crippen molar-refractivity contribution in [2.24, 2.45) is 17.3 Å². The highest BCUT2D eigenvalue weighted by Gasteiger charge is 2.37. The molecule has 0 aromatic rings. The van der Waals surface area contributed by atoms with Crippen molar-refractivity contribution in [3.63, 3.8) is 0 Å². The van der Waals surface area contributed by atoms with Crippen LogP contribution in [0.2, 0.25) is 0 Å². The van der Waals surface area contributed by atoms with Crippen molar-refractivity contribution in [2.75, 3.05) is 0 Å². The Hall–Kier alpha value is -0.590. The van der Waals surface area contributed by atoms with E-state index in [2.05, 4.69) is 26.8 Å². The summed E-state index contributed by atoms with van der Waals surface area (Å²) >= 11 is 0. The van der Waals surface area contributed by atoms with Crippen LogP contribution < -0.4 is 0 Å². The molecule has 2 atom stereocenters. The number of hydrogen-bond donors (Lipinski definition) is 0. The standard InChI is InChI=1S/C11H18O/c1-8(7-12)10-6-5-9(2)11(10,3)4/h5,7-8,10H,6H2,1-4H3/t8?,10-/m1/s1/i1D,7D. The van der Waals surface area contributed by atoms with Crippen molar-refractivity contribution < 1.29 is 7.54 Å². The molecule has 1 aliphatic carbocycles. The van der Waals surface area contributed by atoms with E-state index in [1.165, 1.54) is 5.57 Å². The minimum Gasteiger partial charge on any atom is -0.303 e. The van der Waals surface area contributed by atoms with Crippen LogP contribution in [0.25, 0.3) is 0 Å². The second kappa shape index (κ2) is 3.04. The van der Waals surface area contributed by atoms with Gasteiger partial charge in [0.05, 0.1) is 0 Å². The molecule has 1 aliphatic rings. The number of allylic oxidation sites excluding steroid dienone is 2. The molecular weight excluding hydrogens is 148 g/mol. The van der Waals surface area contributed by atoms with Crippen LogP contribution >= 0.6 is 0 Å². The van der Waals surface area contributed by atoms with E-state index in [1.54, 1.807) is 0 Å². The lowest BCUT2D eigenvalue weighted by Gasteiger charge is -2.31. The quantitative estimate of drug-likeness (QED) is 0.457. The van der Waals surface area contributed by atoms with E-state index < -0.39 is 12.2 Å². The van der Waals surface area contributed by atoms with Gasteiger partial charge in [0.2, 0.25) is 0 Å². The minimum absolute atomic E-state index is 0.0254. The maximum atomic E-state index is 11.1. The first-order chi connectivity index (χ1) is 6.41. The molecule has 0 aromatic heterocycles. The van der Waals surface area contributed by atoms with Crippen LogP contribution in [-0.2, 0) is 4.79 Å². The number of hydrogen-bond acceptors (Lipinski definition) is 1. The van der Waals surface area contributed by atoms with E-state index in [1.807, 2.05) is 0 Å². The van der Waals surface area contributed by atoms with E-state index in [0.29, 0.717) is 0 Å². The molecule has 1 unspecified atom stereocenters. The predicted molar refractivity (Wildman–Crippen MR) is 50.9 cm³/mol. The topological polar surface area (TPSA) is 17.1 Å². The summed E-state index contributed by atoms with van der Waals surface area (Å²) < 4.78 is 14.5. The van der Waals surface area contributed by atoms with Crippen molar-refractivity contribution in [1.29, 1.82) is 0 Å². The summed E-state index contributed by atoms with van der Waals surface area (Å²) in [5.74, 6) is -0.274. The Morgan fingerprint density at radius 2 is 2.58 bits per heavy atom. The summed E-state index contributed by atoms with van der Waals surface area (Å²) in [6, 6.07) is 0.